The van der Waals surface area contributed by atoms with Gasteiger partial charge in [-0.3, -0.25) is 0 Å². The van der Waals surface area contributed by atoms with Gasteiger partial charge in [0.1, 0.15) is 5.76 Å². The Bertz CT molecular complexity index is 216. The van der Waals surface area contributed by atoms with Crippen LogP contribution < -0.4 is 0 Å². The third kappa shape index (κ3) is 3.21. The van der Waals surface area contributed by atoms with Crippen molar-refractivity contribution in [2.75, 3.05) is 0 Å². The highest BCUT2D eigenvalue weighted by atomic mass is 16.6. The molecule has 0 aromatic heterocycles. The molecule has 0 radical (unpaired) electrons. The van der Waals surface area contributed by atoms with E-state index < -0.39 is 0 Å². The Morgan fingerprint density at radius 2 is 2.08 bits per heavy atom. The van der Waals surface area contributed by atoms with Crippen LogP contribution in [0.5, 0.6) is 0 Å². The molecule has 0 aliphatic heterocycles. The van der Waals surface area contributed by atoms with E-state index in [1.54, 1.807) is 0 Å². The minimum Gasteiger partial charge on any atom is -0.362 e. The molecule has 74 valence electrons. The van der Waals surface area contributed by atoms with E-state index in [1.165, 1.54) is 19.3 Å². The Kier molecular flexibility index (Phi) is 3.52. The van der Waals surface area contributed by atoms with Crippen LogP contribution >= 0.6 is 0 Å². The summed E-state index contributed by atoms with van der Waals surface area (Å²) < 4.78 is 0. The smallest absolute Gasteiger partial charge is 0.130 e. The molecule has 1 aliphatic rings. The van der Waals surface area contributed by atoms with Crippen molar-refractivity contribution >= 4 is 5.71 Å². The first-order valence-corrected chi connectivity index (χ1v) is 4.96. The molecular formula is C11H19NO. The Hall–Kier alpha value is -0.790. The fourth-order valence-electron chi connectivity index (χ4n) is 1.72. The van der Waals surface area contributed by atoms with Gasteiger partial charge in [0.2, 0.25) is 0 Å². The van der Waals surface area contributed by atoms with Crippen LogP contribution in [-0.4, -0.2) is 5.71 Å². The molecule has 0 saturated heterocycles. The molecule has 0 spiro atoms. The van der Waals surface area contributed by atoms with Gasteiger partial charge in [-0.05, 0) is 39.0 Å². The summed E-state index contributed by atoms with van der Waals surface area (Å²) in [7, 11) is 0. The molecule has 2 heteroatoms. The Balaban J connectivity index is 2.36. The zero-order chi connectivity index (χ0) is 9.84. The highest BCUT2D eigenvalue weighted by molar-refractivity contribution is 5.78. The third-order valence-electron chi connectivity index (χ3n) is 2.50. The second kappa shape index (κ2) is 4.45. The van der Waals surface area contributed by atoms with E-state index in [4.69, 9.17) is 4.84 Å². The van der Waals surface area contributed by atoms with Gasteiger partial charge in [0, 0.05) is 5.92 Å². The molecule has 1 rings (SSSR count). The molecule has 2 nitrogen and oxygen atoms in total. The maximum atomic E-state index is 5.23. The van der Waals surface area contributed by atoms with Gasteiger partial charge < -0.3 is 4.84 Å². The first-order valence-electron chi connectivity index (χ1n) is 4.96. The van der Waals surface area contributed by atoms with Crippen LogP contribution in [0.25, 0.3) is 0 Å². The number of oxime groups is 1. The summed E-state index contributed by atoms with van der Waals surface area (Å²) >= 11 is 0. The van der Waals surface area contributed by atoms with E-state index in [0.29, 0.717) is 5.92 Å². The molecule has 1 aliphatic carbocycles. The zero-order valence-corrected chi connectivity index (χ0v) is 8.84. The van der Waals surface area contributed by atoms with E-state index in [9.17, 15) is 0 Å². The van der Waals surface area contributed by atoms with Crippen molar-refractivity contribution in [1.82, 2.24) is 0 Å². The summed E-state index contributed by atoms with van der Waals surface area (Å²) in [4.78, 5) is 5.23. The van der Waals surface area contributed by atoms with Crippen LogP contribution in [0.15, 0.2) is 17.5 Å². The normalized spacial score (nSPS) is 27.0. The van der Waals surface area contributed by atoms with E-state index in [-0.39, 0.29) is 0 Å². The van der Waals surface area contributed by atoms with Gasteiger partial charge in [-0.15, -0.1) is 0 Å². The SMILES string of the molecule is C=C(ON=C(C)C)[C@H]1CC[C@@H](C)C1. The summed E-state index contributed by atoms with van der Waals surface area (Å²) in [5.41, 5.74) is 0.937. The molecule has 13 heavy (non-hydrogen) atoms. The van der Waals surface area contributed by atoms with Crippen LogP contribution in [-0.2, 0) is 4.84 Å². The number of rotatable bonds is 3. The summed E-state index contributed by atoms with van der Waals surface area (Å²) in [6.07, 6.45) is 3.71. The summed E-state index contributed by atoms with van der Waals surface area (Å²) in [6.45, 7) is 10.0. The molecule has 0 unspecified atom stereocenters. The molecule has 0 amide bonds. The topological polar surface area (TPSA) is 21.6 Å². The lowest BCUT2D eigenvalue weighted by atomic mass is 10.1. The van der Waals surface area contributed by atoms with Crippen molar-refractivity contribution in [1.29, 1.82) is 0 Å². The lowest BCUT2D eigenvalue weighted by molar-refractivity contribution is 0.189. The van der Waals surface area contributed by atoms with Gasteiger partial charge in [0.25, 0.3) is 0 Å². The Morgan fingerprint density at radius 1 is 1.38 bits per heavy atom. The minimum absolute atomic E-state index is 0.526. The Morgan fingerprint density at radius 3 is 2.54 bits per heavy atom. The fraction of sp³-hybridized carbons (Fsp3) is 0.727. The van der Waals surface area contributed by atoms with Crippen molar-refractivity contribution in [3.05, 3.63) is 12.3 Å². The first-order chi connectivity index (χ1) is 6.09. The lowest BCUT2D eigenvalue weighted by Crippen LogP contribution is -2.00. The van der Waals surface area contributed by atoms with Crippen LogP contribution in [0, 0.1) is 11.8 Å². The van der Waals surface area contributed by atoms with E-state index in [2.05, 4.69) is 18.7 Å². The predicted octanol–water partition coefficient (Wildman–Crippen LogP) is 3.35. The highest BCUT2D eigenvalue weighted by Gasteiger charge is 2.24. The van der Waals surface area contributed by atoms with E-state index in [1.807, 2.05) is 13.8 Å². The summed E-state index contributed by atoms with van der Waals surface area (Å²) in [5, 5.41) is 3.91. The van der Waals surface area contributed by atoms with Gasteiger partial charge in [-0.2, -0.15) is 0 Å². The molecule has 1 fully saturated rings. The fourth-order valence-corrected chi connectivity index (χ4v) is 1.72. The molecule has 0 aromatic carbocycles. The molecule has 0 N–H and O–H groups in total. The summed E-state index contributed by atoms with van der Waals surface area (Å²) in [5.74, 6) is 2.18. The zero-order valence-electron chi connectivity index (χ0n) is 8.84. The largest absolute Gasteiger partial charge is 0.362 e. The predicted molar refractivity (Wildman–Crippen MR) is 55.5 cm³/mol. The maximum absolute atomic E-state index is 5.23. The lowest BCUT2D eigenvalue weighted by Gasteiger charge is -2.10. The van der Waals surface area contributed by atoms with Crippen molar-refractivity contribution in [3.8, 4) is 0 Å². The number of nitrogens with zero attached hydrogens (tertiary/aromatic N) is 1. The molecule has 2 atom stereocenters. The number of allylic oxidation sites excluding steroid dienone is 1. The van der Waals surface area contributed by atoms with Crippen molar-refractivity contribution in [2.45, 2.75) is 40.0 Å². The molecule has 0 bridgehead atoms. The van der Waals surface area contributed by atoms with Crippen molar-refractivity contribution in [3.63, 3.8) is 0 Å². The van der Waals surface area contributed by atoms with Crippen LogP contribution in [0.3, 0.4) is 0 Å². The average molecular weight is 181 g/mol. The third-order valence-corrected chi connectivity index (χ3v) is 2.50. The minimum atomic E-state index is 0.526. The molecule has 1 saturated carbocycles. The highest BCUT2D eigenvalue weighted by Crippen LogP contribution is 2.34. The van der Waals surface area contributed by atoms with Gasteiger partial charge >= 0.3 is 0 Å². The Labute approximate surface area is 80.7 Å². The van der Waals surface area contributed by atoms with Gasteiger partial charge in [0.05, 0.1) is 5.71 Å². The van der Waals surface area contributed by atoms with Gasteiger partial charge in [-0.25, -0.2) is 0 Å². The molecular weight excluding hydrogens is 162 g/mol. The van der Waals surface area contributed by atoms with Gasteiger partial charge in [-0.1, -0.05) is 18.7 Å². The van der Waals surface area contributed by atoms with Crippen molar-refractivity contribution in [2.24, 2.45) is 17.0 Å². The quantitative estimate of drug-likeness (QED) is 0.372. The van der Waals surface area contributed by atoms with E-state index in [0.717, 1.165) is 17.4 Å². The van der Waals surface area contributed by atoms with E-state index >= 15 is 0 Å². The molecule has 0 heterocycles. The van der Waals surface area contributed by atoms with Gasteiger partial charge in [0.15, 0.2) is 0 Å². The van der Waals surface area contributed by atoms with Crippen molar-refractivity contribution < 1.29 is 4.84 Å². The summed E-state index contributed by atoms with van der Waals surface area (Å²) in [6, 6.07) is 0. The molecule has 0 aromatic rings. The maximum Gasteiger partial charge on any atom is 0.130 e. The monoisotopic (exact) mass is 181 g/mol. The standard InChI is InChI=1S/C11H19NO/c1-8(2)12-13-10(4)11-6-5-9(3)7-11/h9,11H,4-7H2,1-3H3/t9-,11+/m1/s1. The van der Waals surface area contributed by atoms with Crippen LogP contribution in [0.1, 0.15) is 40.0 Å². The average Bonchev–Trinajstić information content (AvgIpc) is 2.47. The van der Waals surface area contributed by atoms with Crippen LogP contribution in [0.4, 0.5) is 0 Å². The second-order valence-electron chi connectivity index (χ2n) is 4.21. The number of hydrogen-bond acceptors (Lipinski definition) is 2. The first kappa shape index (κ1) is 10.3. The second-order valence-corrected chi connectivity index (χ2v) is 4.21. The number of hydrogen-bond donors (Lipinski definition) is 0. The van der Waals surface area contributed by atoms with Crippen LogP contribution in [0.2, 0.25) is 0 Å².